The number of phenolic OH excluding ortho intramolecular Hbond substituents is 1. The SMILES string of the molecule is O=C(CBr)C(=O)NC1CN(C(C(=O)O)c2ccc(O)cc2)C1=O. The van der Waals surface area contributed by atoms with Crippen LogP contribution in [0.3, 0.4) is 0 Å². The van der Waals surface area contributed by atoms with E-state index in [-0.39, 0.29) is 17.6 Å². The number of amides is 2. The molecule has 0 saturated carbocycles. The van der Waals surface area contributed by atoms with Gasteiger partial charge in [0.15, 0.2) is 6.04 Å². The normalized spacial score (nSPS) is 18.0. The number of β-lactam (4-membered cyclic amide) rings is 1. The third kappa shape index (κ3) is 3.50. The third-order valence-corrected chi connectivity index (χ3v) is 3.90. The zero-order valence-electron chi connectivity index (χ0n) is 11.7. The van der Waals surface area contributed by atoms with Crippen molar-refractivity contribution in [2.24, 2.45) is 0 Å². The van der Waals surface area contributed by atoms with Crippen LogP contribution < -0.4 is 5.32 Å². The molecule has 0 aromatic heterocycles. The molecule has 9 heteroatoms. The summed E-state index contributed by atoms with van der Waals surface area (Å²) in [4.78, 5) is 47.2. The number of halogens is 1. The summed E-state index contributed by atoms with van der Waals surface area (Å²) in [6.45, 7) is -0.0159. The van der Waals surface area contributed by atoms with Crippen molar-refractivity contribution >= 4 is 39.5 Å². The molecule has 3 N–H and O–H groups in total. The lowest BCUT2D eigenvalue weighted by Crippen LogP contribution is -2.66. The number of likely N-dealkylation sites (tertiary alicyclic amines) is 1. The largest absolute Gasteiger partial charge is 0.508 e. The molecule has 0 radical (unpaired) electrons. The molecule has 8 nitrogen and oxygen atoms in total. The second-order valence-electron chi connectivity index (χ2n) is 4.91. The fourth-order valence-electron chi connectivity index (χ4n) is 2.20. The van der Waals surface area contributed by atoms with E-state index in [4.69, 9.17) is 0 Å². The van der Waals surface area contributed by atoms with Gasteiger partial charge in [0.25, 0.3) is 5.91 Å². The number of rotatable bonds is 6. The molecule has 1 aromatic carbocycles. The van der Waals surface area contributed by atoms with Crippen molar-refractivity contribution < 1.29 is 29.4 Å². The average molecular weight is 385 g/mol. The van der Waals surface area contributed by atoms with E-state index in [1.165, 1.54) is 24.3 Å². The Morgan fingerprint density at radius 2 is 1.91 bits per heavy atom. The van der Waals surface area contributed by atoms with Crippen LogP contribution >= 0.6 is 15.9 Å². The molecule has 0 spiro atoms. The predicted octanol–water partition coefficient (Wildman–Crippen LogP) is -0.191. The first kappa shape index (κ1) is 16.9. The highest BCUT2D eigenvalue weighted by atomic mass is 79.9. The van der Waals surface area contributed by atoms with Crippen LogP contribution in [0, 0.1) is 0 Å². The molecule has 2 rings (SSSR count). The van der Waals surface area contributed by atoms with Gasteiger partial charge in [0.2, 0.25) is 11.7 Å². The minimum atomic E-state index is -1.23. The summed E-state index contributed by atoms with van der Waals surface area (Å²) >= 11 is 2.85. The van der Waals surface area contributed by atoms with E-state index in [0.29, 0.717) is 5.56 Å². The molecule has 1 heterocycles. The van der Waals surface area contributed by atoms with Crippen molar-refractivity contribution in [3.05, 3.63) is 29.8 Å². The molecule has 23 heavy (non-hydrogen) atoms. The van der Waals surface area contributed by atoms with Gasteiger partial charge in [-0.15, -0.1) is 0 Å². The first-order chi connectivity index (χ1) is 10.8. The topological polar surface area (TPSA) is 124 Å². The number of Topliss-reactive ketones (excluding diaryl/α,β-unsaturated/α-hetero) is 1. The quantitative estimate of drug-likeness (QED) is 0.354. The minimum absolute atomic E-state index is 0.0159. The number of carboxylic acid groups (broad SMARTS) is 1. The summed E-state index contributed by atoms with van der Waals surface area (Å²) in [6, 6.07) is 3.32. The summed E-state index contributed by atoms with van der Waals surface area (Å²) < 4.78 is 0. The first-order valence-corrected chi connectivity index (χ1v) is 7.69. The number of ketones is 1. The number of aliphatic carboxylic acids is 1. The van der Waals surface area contributed by atoms with E-state index in [9.17, 15) is 29.4 Å². The third-order valence-electron chi connectivity index (χ3n) is 3.39. The molecule has 1 saturated heterocycles. The van der Waals surface area contributed by atoms with E-state index in [2.05, 4.69) is 21.2 Å². The van der Waals surface area contributed by atoms with Crippen LogP contribution in [0.25, 0.3) is 0 Å². The van der Waals surface area contributed by atoms with E-state index < -0.39 is 35.7 Å². The number of hydrogen-bond acceptors (Lipinski definition) is 5. The molecule has 1 aliphatic rings. The van der Waals surface area contributed by atoms with Crippen LogP contribution in [0.15, 0.2) is 24.3 Å². The number of phenols is 1. The van der Waals surface area contributed by atoms with Crippen LogP contribution in [0.5, 0.6) is 5.75 Å². The summed E-state index contributed by atoms with van der Waals surface area (Å²) in [5, 5.41) is 20.7. The predicted molar refractivity (Wildman–Crippen MR) is 80.9 cm³/mol. The molecule has 1 aliphatic heterocycles. The van der Waals surface area contributed by atoms with Crippen molar-refractivity contribution in [1.82, 2.24) is 10.2 Å². The number of nitrogens with zero attached hydrogens (tertiary/aromatic N) is 1. The summed E-state index contributed by atoms with van der Waals surface area (Å²) in [7, 11) is 0. The van der Waals surface area contributed by atoms with Gasteiger partial charge in [-0.3, -0.25) is 14.4 Å². The maximum Gasteiger partial charge on any atom is 0.331 e. The smallest absolute Gasteiger partial charge is 0.331 e. The van der Waals surface area contributed by atoms with E-state index in [0.717, 1.165) is 4.90 Å². The van der Waals surface area contributed by atoms with Crippen molar-refractivity contribution in [1.29, 1.82) is 0 Å². The summed E-state index contributed by atoms with van der Waals surface area (Å²) in [5.74, 6) is -3.45. The zero-order valence-corrected chi connectivity index (χ0v) is 13.3. The Morgan fingerprint density at radius 3 is 2.39 bits per heavy atom. The van der Waals surface area contributed by atoms with Crippen molar-refractivity contribution in [3.8, 4) is 5.75 Å². The summed E-state index contributed by atoms with van der Waals surface area (Å²) in [5.41, 5.74) is 0.324. The molecular weight excluding hydrogens is 372 g/mol. The van der Waals surface area contributed by atoms with Gasteiger partial charge in [-0.05, 0) is 17.7 Å². The van der Waals surface area contributed by atoms with Gasteiger partial charge >= 0.3 is 5.97 Å². The Kier molecular flexibility index (Phi) is 4.99. The number of hydrogen-bond donors (Lipinski definition) is 3. The van der Waals surface area contributed by atoms with Gasteiger partial charge in [0, 0.05) is 0 Å². The molecule has 2 unspecified atom stereocenters. The highest BCUT2D eigenvalue weighted by molar-refractivity contribution is 9.09. The highest BCUT2D eigenvalue weighted by Crippen LogP contribution is 2.28. The standard InChI is InChI=1S/C14H13BrN2O6/c15-5-10(19)12(20)16-9-6-17(13(9)21)11(14(22)23)7-1-3-8(18)4-2-7/h1-4,9,11,18H,5-6H2,(H,16,20)(H,22,23). The first-order valence-electron chi connectivity index (χ1n) is 6.57. The molecule has 1 fully saturated rings. The lowest BCUT2D eigenvalue weighted by Gasteiger charge is -2.42. The molecule has 122 valence electrons. The fourth-order valence-corrected chi connectivity index (χ4v) is 2.46. The number of benzene rings is 1. The lowest BCUT2D eigenvalue weighted by atomic mass is 9.98. The van der Waals surface area contributed by atoms with Crippen LogP contribution in [0.4, 0.5) is 0 Å². The molecule has 1 aromatic rings. The highest BCUT2D eigenvalue weighted by Gasteiger charge is 2.45. The Hall–Kier alpha value is -2.42. The maximum atomic E-state index is 12.1. The second-order valence-corrected chi connectivity index (χ2v) is 5.47. The second kappa shape index (κ2) is 6.78. The zero-order chi connectivity index (χ0) is 17.1. The maximum absolute atomic E-state index is 12.1. The van der Waals surface area contributed by atoms with Crippen molar-refractivity contribution in [2.75, 3.05) is 11.9 Å². The van der Waals surface area contributed by atoms with E-state index >= 15 is 0 Å². The number of aromatic hydroxyl groups is 1. The van der Waals surface area contributed by atoms with Crippen LogP contribution in [0.1, 0.15) is 11.6 Å². The van der Waals surface area contributed by atoms with Gasteiger partial charge in [0.1, 0.15) is 11.8 Å². The van der Waals surface area contributed by atoms with Crippen LogP contribution in [-0.2, 0) is 19.2 Å². The number of carboxylic acids is 1. The van der Waals surface area contributed by atoms with Crippen LogP contribution in [0.2, 0.25) is 0 Å². The fraction of sp³-hybridized carbons (Fsp3) is 0.286. The number of alkyl halides is 1. The van der Waals surface area contributed by atoms with E-state index in [1.807, 2.05) is 0 Å². The molecule has 2 amide bonds. The van der Waals surface area contributed by atoms with Crippen molar-refractivity contribution in [3.63, 3.8) is 0 Å². The van der Waals surface area contributed by atoms with Crippen LogP contribution in [-0.4, -0.2) is 56.6 Å². The Bertz CT molecular complexity index is 660. The average Bonchev–Trinajstić information content (AvgIpc) is 2.53. The molecular formula is C14H13BrN2O6. The van der Waals surface area contributed by atoms with Gasteiger partial charge in [-0.1, -0.05) is 28.1 Å². The molecule has 2 atom stereocenters. The van der Waals surface area contributed by atoms with Gasteiger partial charge in [0.05, 0.1) is 11.9 Å². The Morgan fingerprint density at radius 1 is 1.30 bits per heavy atom. The molecule has 0 bridgehead atoms. The van der Waals surface area contributed by atoms with Gasteiger partial charge < -0.3 is 20.4 Å². The molecule has 0 aliphatic carbocycles. The summed E-state index contributed by atoms with van der Waals surface area (Å²) in [6.07, 6.45) is 0. The Labute approximate surface area is 139 Å². The minimum Gasteiger partial charge on any atom is -0.508 e. The number of carbonyl (C=O) groups excluding carboxylic acids is 3. The van der Waals surface area contributed by atoms with Gasteiger partial charge in [-0.25, -0.2) is 4.79 Å². The number of nitrogens with one attached hydrogen (secondary N) is 1. The number of carbonyl (C=O) groups is 4. The lowest BCUT2D eigenvalue weighted by molar-refractivity contribution is -0.160. The van der Waals surface area contributed by atoms with Gasteiger partial charge in [-0.2, -0.15) is 0 Å². The van der Waals surface area contributed by atoms with E-state index in [1.54, 1.807) is 0 Å². The Balaban J connectivity index is 2.08. The van der Waals surface area contributed by atoms with Crippen molar-refractivity contribution in [2.45, 2.75) is 12.1 Å². The monoisotopic (exact) mass is 384 g/mol.